The molecule has 222 valence electrons. The smallest absolute Gasteiger partial charge is 0.258 e. The fraction of sp³-hybridized carbons (Fsp3) is 0.607. The van der Waals surface area contributed by atoms with Crippen molar-refractivity contribution < 1.29 is 27.1 Å². The van der Waals surface area contributed by atoms with Gasteiger partial charge in [0.25, 0.3) is 11.8 Å². The van der Waals surface area contributed by atoms with Gasteiger partial charge >= 0.3 is 0 Å². The molecule has 4 fully saturated rings. The first-order valence-corrected chi connectivity index (χ1v) is 15.9. The second-order valence-electron chi connectivity index (χ2n) is 12.0. The van der Waals surface area contributed by atoms with Gasteiger partial charge in [0.1, 0.15) is 5.82 Å². The van der Waals surface area contributed by atoms with E-state index in [0.29, 0.717) is 45.8 Å². The summed E-state index contributed by atoms with van der Waals surface area (Å²) >= 11 is 0. The van der Waals surface area contributed by atoms with Gasteiger partial charge in [0.15, 0.2) is 0 Å². The molecule has 2 bridgehead atoms. The molecule has 2 saturated carbocycles. The third-order valence-corrected chi connectivity index (χ3v) is 10.5. The molecule has 13 heteroatoms. The average molecular weight is 591 g/mol. The number of nitrogens with one attached hydrogen (secondary N) is 2. The monoisotopic (exact) mass is 590 g/mol. The van der Waals surface area contributed by atoms with Gasteiger partial charge in [0.2, 0.25) is 16.0 Å². The molecule has 10 nitrogen and oxygen atoms in total. The van der Waals surface area contributed by atoms with Crippen LogP contribution in [0.5, 0.6) is 0 Å². The second-order valence-corrected chi connectivity index (χ2v) is 13.8. The van der Waals surface area contributed by atoms with E-state index < -0.39 is 34.2 Å². The topological polar surface area (TPSA) is 128 Å². The average Bonchev–Trinajstić information content (AvgIpc) is 3.65. The largest absolute Gasteiger partial charge is 0.395 e. The zero-order valence-electron chi connectivity index (χ0n) is 23.1. The maximum absolute atomic E-state index is 13.7. The highest BCUT2D eigenvalue weighted by Gasteiger charge is 2.60. The lowest BCUT2D eigenvalue weighted by Crippen LogP contribution is -2.43. The third-order valence-electron chi connectivity index (χ3n) is 9.28. The molecule has 2 saturated heterocycles. The minimum atomic E-state index is -3.75. The summed E-state index contributed by atoms with van der Waals surface area (Å²) in [6.07, 6.45) is 4.29. The van der Waals surface area contributed by atoms with E-state index >= 15 is 0 Å². The number of halogens is 2. The second kappa shape index (κ2) is 10.3. The highest BCUT2D eigenvalue weighted by Crippen LogP contribution is 2.66. The van der Waals surface area contributed by atoms with Crippen LogP contribution in [0, 0.1) is 24.2 Å². The molecular formula is C28H36F2N6O4S. The number of aliphatic hydroxyl groups is 1. The molecule has 3 heterocycles. The Kier molecular flexibility index (Phi) is 7.08. The third kappa shape index (κ3) is 5.70. The number of benzene rings is 1. The number of carbonyl (C=O) groups is 1. The number of hydrogen-bond donors (Lipinski definition) is 3. The first kappa shape index (κ1) is 28.1. The standard InChI is InChI=1S/C28H36F2N6O4S/c1-18-14-24(33-26(31-18)35-10-8-28(29,30)9-11-35)32-25(38)22-5-4-21(34-41(39,40)13-12-37)15-23(22)36-16-19-2-3-20(17-36)27(19)6-7-27/h4-5,14-15,19-20,34,37H,2-3,6-13,16-17H2,1H3,(H,31,32,33,38)/t19-,20+. The number of sulfonamides is 1. The van der Waals surface area contributed by atoms with Crippen molar-refractivity contribution in [1.82, 2.24) is 9.97 Å². The lowest BCUT2D eigenvalue weighted by Gasteiger charge is -2.40. The summed E-state index contributed by atoms with van der Waals surface area (Å²) in [5.74, 6) is -1.86. The minimum Gasteiger partial charge on any atom is -0.395 e. The van der Waals surface area contributed by atoms with Crippen molar-refractivity contribution in [1.29, 1.82) is 0 Å². The zero-order chi connectivity index (χ0) is 29.0. The van der Waals surface area contributed by atoms with Crippen LogP contribution >= 0.6 is 0 Å². The molecule has 2 aliphatic heterocycles. The van der Waals surface area contributed by atoms with Crippen molar-refractivity contribution in [2.24, 2.45) is 17.3 Å². The number of rotatable bonds is 8. The van der Waals surface area contributed by atoms with Gasteiger partial charge in [-0.25, -0.2) is 22.2 Å². The van der Waals surface area contributed by atoms with Gasteiger partial charge in [0.05, 0.1) is 29.3 Å². The van der Waals surface area contributed by atoms with Gasteiger partial charge in [-0.05, 0) is 68.1 Å². The normalized spacial score (nSPS) is 24.4. The van der Waals surface area contributed by atoms with E-state index in [1.165, 1.54) is 12.8 Å². The SMILES string of the molecule is Cc1cc(NC(=O)c2ccc(NS(=O)(=O)CCO)cc2N2C[C@H]3CC[C@@H](C2)C32CC2)nc(N2CCC(F)(F)CC2)n1. The predicted molar refractivity (Wildman–Crippen MR) is 152 cm³/mol. The van der Waals surface area contributed by atoms with Crippen LogP contribution in [0.25, 0.3) is 0 Å². The predicted octanol–water partition coefficient (Wildman–Crippen LogP) is 3.63. The van der Waals surface area contributed by atoms with Crippen molar-refractivity contribution in [3.8, 4) is 0 Å². The molecule has 41 heavy (non-hydrogen) atoms. The van der Waals surface area contributed by atoms with Crippen LogP contribution in [0.2, 0.25) is 0 Å². The summed E-state index contributed by atoms with van der Waals surface area (Å²) < 4.78 is 54.6. The van der Waals surface area contributed by atoms with E-state index in [4.69, 9.17) is 5.11 Å². The fourth-order valence-electron chi connectivity index (χ4n) is 7.00. The summed E-state index contributed by atoms with van der Waals surface area (Å²) in [7, 11) is -3.75. The van der Waals surface area contributed by atoms with Gasteiger partial charge in [0, 0.05) is 50.8 Å². The van der Waals surface area contributed by atoms with Gasteiger partial charge in [-0.3, -0.25) is 9.52 Å². The lowest BCUT2D eigenvalue weighted by molar-refractivity contribution is -0.0222. The van der Waals surface area contributed by atoms with Crippen LogP contribution in [0.3, 0.4) is 0 Å². The molecule has 4 aliphatic rings. The Labute approximate surface area is 238 Å². The van der Waals surface area contributed by atoms with Gasteiger partial charge in [-0.15, -0.1) is 0 Å². The first-order valence-electron chi connectivity index (χ1n) is 14.3. The molecular weight excluding hydrogens is 554 g/mol. The number of aliphatic hydroxyl groups excluding tert-OH is 1. The van der Waals surface area contributed by atoms with E-state index in [1.54, 1.807) is 36.1 Å². The van der Waals surface area contributed by atoms with Crippen LogP contribution in [0.4, 0.5) is 31.9 Å². The molecule has 0 unspecified atom stereocenters. The molecule has 2 aliphatic carbocycles. The van der Waals surface area contributed by atoms with E-state index in [-0.39, 0.29) is 31.7 Å². The zero-order valence-corrected chi connectivity index (χ0v) is 23.9. The summed E-state index contributed by atoms with van der Waals surface area (Å²) in [5.41, 5.74) is 2.39. The summed E-state index contributed by atoms with van der Waals surface area (Å²) in [5, 5.41) is 12.0. The van der Waals surface area contributed by atoms with E-state index in [0.717, 1.165) is 25.9 Å². The number of amides is 1. The van der Waals surface area contributed by atoms with Crippen LogP contribution in [-0.2, 0) is 10.0 Å². The van der Waals surface area contributed by atoms with Crippen LogP contribution in [0.1, 0.15) is 54.6 Å². The number of aromatic nitrogens is 2. The Balaban J connectivity index is 1.27. The number of alkyl halides is 2. The fourth-order valence-corrected chi connectivity index (χ4v) is 7.82. The number of carbonyl (C=O) groups excluding carboxylic acids is 1. The number of hydrogen-bond acceptors (Lipinski definition) is 8. The van der Waals surface area contributed by atoms with Crippen molar-refractivity contribution in [3.63, 3.8) is 0 Å². The van der Waals surface area contributed by atoms with Gasteiger partial charge in [-0.2, -0.15) is 4.98 Å². The summed E-state index contributed by atoms with van der Waals surface area (Å²) in [6.45, 7) is 3.12. The van der Waals surface area contributed by atoms with Crippen LogP contribution in [-0.4, -0.2) is 73.9 Å². The molecule has 6 rings (SSSR count). The first-order chi connectivity index (χ1) is 19.5. The maximum Gasteiger partial charge on any atom is 0.258 e. The van der Waals surface area contributed by atoms with E-state index in [9.17, 15) is 22.0 Å². The van der Waals surface area contributed by atoms with Crippen LogP contribution in [0.15, 0.2) is 24.3 Å². The summed E-state index contributed by atoms with van der Waals surface area (Å²) in [6, 6.07) is 6.47. The molecule has 1 amide bonds. The Morgan fingerprint density at radius 1 is 1.05 bits per heavy atom. The lowest BCUT2D eigenvalue weighted by atomic mass is 9.81. The highest BCUT2D eigenvalue weighted by molar-refractivity contribution is 7.92. The van der Waals surface area contributed by atoms with Gasteiger partial charge < -0.3 is 20.2 Å². The number of aryl methyl sites for hydroxylation is 1. The number of piperidine rings is 2. The summed E-state index contributed by atoms with van der Waals surface area (Å²) in [4.78, 5) is 26.5. The number of anilines is 4. The number of nitrogens with zero attached hydrogens (tertiary/aromatic N) is 4. The van der Waals surface area contributed by atoms with Gasteiger partial charge in [-0.1, -0.05) is 0 Å². The molecule has 2 atom stereocenters. The van der Waals surface area contributed by atoms with E-state index in [1.807, 2.05) is 0 Å². The van der Waals surface area contributed by atoms with Crippen molar-refractivity contribution in [2.45, 2.75) is 51.4 Å². The Bertz CT molecular complexity index is 1430. The molecule has 0 radical (unpaired) electrons. The van der Waals surface area contributed by atoms with Crippen molar-refractivity contribution in [3.05, 3.63) is 35.5 Å². The molecule has 2 aromatic rings. The van der Waals surface area contributed by atoms with Crippen molar-refractivity contribution >= 4 is 39.1 Å². The Hall–Kier alpha value is -3.06. The Morgan fingerprint density at radius 3 is 2.37 bits per heavy atom. The molecule has 1 aromatic carbocycles. The molecule has 1 spiro atoms. The minimum absolute atomic E-state index is 0.125. The molecule has 1 aromatic heterocycles. The van der Waals surface area contributed by atoms with E-state index in [2.05, 4.69) is 24.9 Å². The van der Waals surface area contributed by atoms with Crippen molar-refractivity contribution in [2.75, 3.05) is 58.4 Å². The highest BCUT2D eigenvalue weighted by atomic mass is 32.2. The molecule has 3 N–H and O–H groups in total. The van der Waals surface area contributed by atoms with Crippen LogP contribution < -0.4 is 19.8 Å². The quantitative estimate of drug-likeness (QED) is 0.426. The Morgan fingerprint density at radius 2 is 1.73 bits per heavy atom. The maximum atomic E-state index is 13.7.